The topological polar surface area (TPSA) is 26.3 Å². The van der Waals surface area contributed by atoms with Crippen molar-refractivity contribution in [2.45, 2.75) is 44.6 Å². The number of carbonyl (C=O) groups is 1. The third-order valence-corrected chi connectivity index (χ3v) is 3.13. The summed E-state index contributed by atoms with van der Waals surface area (Å²) in [6.07, 6.45) is 5.30. The van der Waals surface area contributed by atoms with Crippen molar-refractivity contribution in [1.29, 1.82) is 0 Å². The summed E-state index contributed by atoms with van der Waals surface area (Å²) in [7, 11) is 0. The number of hydrogen-bond acceptors (Lipinski definition) is 2. The highest BCUT2D eigenvalue weighted by Crippen LogP contribution is 2.36. The van der Waals surface area contributed by atoms with E-state index in [-0.39, 0.29) is 11.6 Å². The summed E-state index contributed by atoms with van der Waals surface area (Å²) in [5.41, 5.74) is -0.175. The second kappa shape index (κ2) is 4.44. The zero-order chi connectivity index (χ0) is 9.90. The van der Waals surface area contributed by atoms with E-state index in [0.29, 0.717) is 3.58 Å². The Hall–Kier alpha value is -0.0600. The van der Waals surface area contributed by atoms with Gasteiger partial charge < -0.3 is 4.74 Å². The lowest BCUT2D eigenvalue weighted by Crippen LogP contribution is -2.31. The van der Waals surface area contributed by atoms with Crippen LogP contribution < -0.4 is 0 Å². The Labute approximate surface area is 92.9 Å². The van der Waals surface area contributed by atoms with Crippen LogP contribution in [0.4, 0.5) is 0 Å². The number of halogens is 1. The van der Waals surface area contributed by atoms with Crippen LogP contribution in [0.25, 0.3) is 0 Å². The fourth-order valence-electron chi connectivity index (χ4n) is 1.80. The molecule has 1 fully saturated rings. The molecule has 0 bridgehead atoms. The summed E-state index contributed by atoms with van der Waals surface area (Å²) in [5.74, 6) is -0.246. The molecule has 0 atom stereocenters. The molecule has 0 N–H and O–H groups in total. The maximum Gasteiger partial charge on any atom is 0.344 e. The van der Waals surface area contributed by atoms with Gasteiger partial charge in [0.2, 0.25) is 0 Å². The molecule has 3 heteroatoms. The van der Waals surface area contributed by atoms with Crippen LogP contribution in [0.1, 0.15) is 39.0 Å². The molecular weight excluding hydrogens is 279 g/mol. The highest BCUT2D eigenvalue weighted by Gasteiger charge is 2.35. The van der Waals surface area contributed by atoms with E-state index in [2.05, 4.69) is 13.5 Å². The van der Waals surface area contributed by atoms with Crippen molar-refractivity contribution in [3.63, 3.8) is 0 Å². The van der Waals surface area contributed by atoms with Crippen molar-refractivity contribution < 1.29 is 9.53 Å². The van der Waals surface area contributed by atoms with Gasteiger partial charge >= 0.3 is 5.97 Å². The van der Waals surface area contributed by atoms with Crippen molar-refractivity contribution in [2.24, 2.45) is 0 Å². The second-order valence-corrected chi connectivity index (χ2v) is 4.84. The van der Waals surface area contributed by atoms with Gasteiger partial charge in [-0.25, -0.2) is 4.79 Å². The smallest absolute Gasteiger partial charge is 0.344 e. The van der Waals surface area contributed by atoms with Crippen molar-refractivity contribution in [2.75, 3.05) is 0 Å². The Morgan fingerprint density at radius 2 is 2.08 bits per heavy atom. The highest BCUT2D eigenvalue weighted by molar-refractivity contribution is 14.1. The van der Waals surface area contributed by atoms with Crippen LogP contribution in [-0.4, -0.2) is 11.6 Å². The van der Waals surface area contributed by atoms with E-state index in [0.717, 1.165) is 19.3 Å². The number of rotatable bonds is 3. The molecule has 0 unspecified atom stereocenters. The zero-order valence-corrected chi connectivity index (χ0v) is 10.1. The van der Waals surface area contributed by atoms with Gasteiger partial charge in [-0.05, 0) is 54.7 Å². The standard InChI is InChI=1S/C10H15IO2/c1-3-10(6-4-5-7-10)13-9(12)8(2)11/h2-7H2,1H3. The lowest BCUT2D eigenvalue weighted by Gasteiger charge is -2.27. The third-order valence-electron chi connectivity index (χ3n) is 2.69. The minimum absolute atomic E-state index is 0.175. The molecule has 1 aliphatic rings. The summed E-state index contributed by atoms with van der Waals surface area (Å²) in [6.45, 7) is 5.65. The predicted molar refractivity (Wildman–Crippen MR) is 60.7 cm³/mol. The number of esters is 1. The van der Waals surface area contributed by atoms with Crippen molar-refractivity contribution in [3.05, 3.63) is 10.2 Å². The number of ether oxygens (including phenoxy) is 1. The van der Waals surface area contributed by atoms with E-state index in [1.165, 1.54) is 12.8 Å². The van der Waals surface area contributed by atoms with Crippen LogP contribution in [-0.2, 0) is 9.53 Å². The van der Waals surface area contributed by atoms with Gasteiger partial charge in [0, 0.05) is 0 Å². The molecule has 0 radical (unpaired) electrons. The van der Waals surface area contributed by atoms with Crippen LogP contribution in [0, 0.1) is 0 Å². The molecule has 0 aromatic carbocycles. The summed E-state index contributed by atoms with van der Waals surface area (Å²) >= 11 is 1.91. The Morgan fingerprint density at radius 3 is 2.46 bits per heavy atom. The van der Waals surface area contributed by atoms with Gasteiger partial charge in [-0.2, -0.15) is 0 Å². The molecule has 0 heterocycles. The van der Waals surface area contributed by atoms with Crippen molar-refractivity contribution in [1.82, 2.24) is 0 Å². The molecule has 0 aliphatic heterocycles. The van der Waals surface area contributed by atoms with Crippen LogP contribution in [0.2, 0.25) is 0 Å². The largest absolute Gasteiger partial charge is 0.455 e. The average molecular weight is 294 g/mol. The lowest BCUT2D eigenvalue weighted by molar-refractivity contribution is -0.153. The first-order valence-corrected chi connectivity index (χ1v) is 5.75. The van der Waals surface area contributed by atoms with Crippen molar-refractivity contribution in [3.8, 4) is 0 Å². The van der Waals surface area contributed by atoms with Gasteiger partial charge in [0.1, 0.15) is 5.60 Å². The van der Waals surface area contributed by atoms with E-state index in [1.807, 2.05) is 22.6 Å². The maximum atomic E-state index is 11.3. The van der Waals surface area contributed by atoms with Gasteiger partial charge in [0.15, 0.2) is 0 Å². The summed E-state index contributed by atoms with van der Waals surface area (Å²) < 4.78 is 5.93. The minimum Gasteiger partial charge on any atom is -0.455 e. The fraction of sp³-hybridized carbons (Fsp3) is 0.700. The molecule has 0 amide bonds. The average Bonchev–Trinajstić information content (AvgIpc) is 2.54. The molecule has 74 valence electrons. The summed E-state index contributed by atoms with van der Waals surface area (Å²) in [6, 6.07) is 0. The Kier molecular flexibility index (Phi) is 3.76. The number of hydrogen-bond donors (Lipinski definition) is 0. The molecule has 0 aromatic heterocycles. The number of carbonyl (C=O) groups excluding carboxylic acids is 1. The Bertz CT molecular complexity index is 217. The Balaban J connectivity index is 2.58. The van der Waals surface area contributed by atoms with Gasteiger partial charge in [0.05, 0.1) is 3.58 Å². The van der Waals surface area contributed by atoms with E-state index >= 15 is 0 Å². The molecule has 0 saturated heterocycles. The monoisotopic (exact) mass is 294 g/mol. The minimum atomic E-state index is -0.246. The molecule has 13 heavy (non-hydrogen) atoms. The van der Waals surface area contributed by atoms with Crippen molar-refractivity contribution >= 4 is 28.6 Å². The van der Waals surface area contributed by atoms with Gasteiger partial charge in [0.25, 0.3) is 0 Å². The third kappa shape index (κ3) is 2.69. The molecular formula is C10H15IO2. The first-order chi connectivity index (χ1) is 6.09. The summed E-state index contributed by atoms with van der Waals surface area (Å²) in [5, 5.41) is 0. The SMILES string of the molecule is C=C(I)C(=O)OC1(CC)CCCC1. The molecule has 1 saturated carbocycles. The molecule has 1 aliphatic carbocycles. The lowest BCUT2D eigenvalue weighted by atomic mass is 9.99. The molecule has 2 nitrogen and oxygen atoms in total. The second-order valence-electron chi connectivity index (χ2n) is 3.54. The molecule has 1 rings (SSSR count). The quantitative estimate of drug-likeness (QED) is 0.454. The highest BCUT2D eigenvalue weighted by atomic mass is 127. The zero-order valence-electron chi connectivity index (χ0n) is 7.94. The normalized spacial score (nSPS) is 19.8. The summed E-state index contributed by atoms with van der Waals surface area (Å²) in [4.78, 5) is 11.3. The van der Waals surface area contributed by atoms with Gasteiger partial charge in [-0.3, -0.25) is 0 Å². The van der Waals surface area contributed by atoms with Crippen LogP contribution in [0.3, 0.4) is 0 Å². The van der Waals surface area contributed by atoms with E-state index in [1.54, 1.807) is 0 Å². The molecule has 0 spiro atoms. The molecule has 0 aromatic rings. The fourth-order valence-corrected chi connectivity index (χ4v) is 1.91. The predicted octanol–water partition coefficient (Wildman–Crippen LogP) is 3.20. The van der Waals surface area contributed by atoms with Crippen LogP contribution >= 0.6 is 22.6 Å². The van der Waals surface area contributed by atoms with E-state index in [9.17, 15) is 4.79 Å². The first-order valence-electron chi connectivity index (χ1n) is 4.67. The Morgan fingerprint density at radius 1 is 1.54 bits per heavy atom. The first kappa shape index (κ1) is 11.0. The van der Waals surface area contributed by atoms with Crippen LogP contribution in [0.15, 0.2) is 10.2 Å². The van der Waals surface area contributed by atoms with E-state index < -0.39 is 0 Å². The van der Waals surface area contributed by atoms with Gasteiger partial charge in [-0.1, -0.05) is 13.5 Å². The maximum absolute atomic E-state index is 11.3. The van der Waals surface area contributed by atoms with E-state index in [4.69, 9.17) is 4.74 Å². The van der Waals surface area contributed by atoms with Crippen LogP contribution in [0.5, 0.6) is 0 Å². The van der Waals surface area contributed by atoms with Gasteiger partial charge in [-0.15, -0.1) is 0 Å².